The van der Waals surface area contributed by atoms with Crippen molar-refractivity contribution in [1.82, 2.24) is 19.5 Å². The molecule has 0 spiro atoms. The molecule has 0 aromatic carbocycles. The minimum Gasteiger partial charge on any atom is -0.369 e. The molecule has 0 amide bonds. The molecular weight excluding hydrogens is 250 g/mol. The Morgan fingerprint density at radius 3 is 3.17 bits per heavy atom. The van der Waals surface area contributed by atoms with E-state index >= 15 is 0 Å². The van der Waals surface area contributed by atoms with Gasteiger partial charge in [0.2, 0.25) is 5.95 Å². The van der Waals surface area contributed by atoms with E-state index in [1.807, 2.05) is 17.5 Å². The second kappa shape index (κ2) is 4.26. The fourth-order valence-corrected chi connectivity index (χ4v) is 2.53. The Kier molecular flexibility index (Phi) is 2.60. The number of nitrogen functional groups attached to an aromatic ring is 1. The van der Waals surface area contributed by atoms with Gasteiger partial charge in [0, 0.05) is 11.4 Å². The summed E-state index contributed by atoms with van der Waals surface area (Å²) in [4.78, 5) is 24.2. The Labute approximate surface area is 106 Å². The molecule has 0 saturated carbocycles. The lowest BCUT2D eigenvalue weighted by Gasteiger charge is -2.07. The van der Waals surface area contributed by atoms with Crippen molar-refractivity contribution in [1.29, 1.82) is 0 Å². The number of rotatable bonds is 3. The molecule has 18 heavy (non-hydrogen) atoms. The molecule has 0 fully saturated rings. The maximum atomic E-state index is 12.1. The molecule has 92 valence electrons. The number of fused-ring (bicyclic) bond motifs is 1. The van der Waals surface area contributed by atoms with Gasteiger partial charge in [-0.3, -0.25) is 9.36 Å². The van der Waals surface area contributed by atoms with Gasteiger partial charge < -0.3 is 10.7 Å². The van der Waals surface area contributed by atoms with Gasteiger partial charge in [-0.1, -0.05) is 6.07 Å². The van der Waals surface area contributed by atoms with E-state index in [0.717, 1.165) is 6.42 Å². The van der Waals surface area contributed by atoms with Gasteiger partial charge >= 0.3 is 0 Å². The zero-order valence-electron chi connectivity index (χ0n) is 9.46. The number of hydrogen-bond acceptors (Lipinski definition) is 5. The van der Waals surface area contributed by atoms with E-state index in [1.54, 1.807) is 11.3 Å². The SMILES string of the molecule is Nc1nc2nc[nH]c2c(=O)n1CCc1cccs1. The Balaban J connectivity index is 1.98. The summed E-state index contributed by atoms with van der Waals surface area (Å²) in [6.07, 6.45) is 2.21. The molecule has 6 nitrogen and oxygen atoms in total. The van der Waals surface area contributed by atoms with Gasteiger partial charge in [0.1, 0.15) is 0 Å². The molecule has 0 aliphatic carbocycles. The van der Waals surface area contributed by atoms with E-state index in [2.05, 4.69) is 15.0 Å². The van der Waals surface area contributed by atoms with Crippen molar-refractivity contribution < 1.29 is 0 Å². The van der Waals surface area contributed by atoms with E-state index < -0.39 is 0 Å². The summed E-state index contributed by atoms with van der Waals surface area (Å²) >= 11 is 1.66. The first kappa shape index (κ1) is 11.0. The fraction of sp³-hybridized carbons (Fsp3) is 0.182. The molecule has 0 bridgehead atoms. The van der Waals surface area contributed by atoms with Crippen LogP contribution in [-0.2, 0) is 13.0 Å². The second-order valence-electron chi connectivity index (χ2n) is 3.86. The lowest BCUT2D eigenvalue weighted by atomic mass is 10.3. The summed E-state index contributed by atoms with van der Waals surface area (Å²) in [6.45, 7) is 0.521. The Bertz CT molecular complexity index is 728. The minimum absolute atomic E-state index is 0.174. The molecule has 3 aromatic heterocycles. The standard InChI is InChI=1S/C11H11N5OS/c12-11-15-9-8(13-6-14-9)10(17)16(11)4-3-7-2-1-5-18-7/h1-2,5-6H,3-4H2,(H2,12,15)(H,13,14). The van der Waals surface area contributed by atoms with Crippen LogP contribution in [0.25, 0.3) is 11.2 Å². The minimum atomic E-state index is -0.174. The normalized spacial score (nSPS) is 11.1. The van der Waals surface area contributed by atoms with E-state index in [1.165, 1.54) is 15.8 Å². The number of nitrogens with two attached hydrogens (primary N) is 1. The molecular formula is C11H11N5OS. The van der Waals surface area contributed by atoms with E-state index in [-0.39, 0.29) is 11.5 Å². The maximum absolute atomic E-state index is 12.1. The van der Waals surface area contributed by atoms with Crippen molar-refractivity contribution >= 4 is 28.4 Å². The highest BCUT2D eigenvalue weighted by molar-refractivity contribution is 7.09. The molecule has 0 unspecified atom stereocenters. The van der Waals surface area contributed by atoms with Crippen LogP contribution in [0.4, 0.5) is 5.95 Å². The topological polar surface area (TPSA) is 89.6 Å². The number of aromatic nitrogens is 4. The van der Waals surface area contributed by atoms with Gasteiger partial charge in [-0.2, -0.15) is 4.98 Å². The molecule has 7 heteroatoms. The number of thiophene rings is 1. The third kappa shape index (κ3) is 1.78. The van der Waals surface area contributed by atoms with E-state index in [9.17, 15) is 4.79 Å². The summed E-state index contributed by atoms with van der Waals surface area (Å²) in [7, 11) is 0. The average Bonchev–Trinajstić information content (AvgIpc) is 2.98. The maximum Gasteiger partial charge on any atom is 0.280 e. The third-order valence-electron chi connectivity index (χ3n) is 2.74. The highest BCUT2D eigenvalue weighted by Gasteiger charge is 2.10. The molecule has 3 rings (SSSR count). The van der Waals surface area contributed by atoms with Crippen molar-refractivity contribution in [2.45, 2.75) is 13.0 Å². The van der Waals surface area contributed by atoms with Gasteiger partial charge in [0.25, 0.3) is 5.56 Å². The number of nitrogens with one attached hydrogen (secondary N) is 1. The predicted molar refractivity (Wildman–Crippen MR) is 70.6 cm³/mol. The molecule has 3 heterocycles. The van der Waals surface area contributed by atoms with Crippen LogP contribution in [0.15, 0.2) is 28.6 Å². The van der Waals surface area contributed by atoms with Gasteiger partial charge in [0.05, 0.1) is 6.33 Å². The van der Waals surface area contributed by atoms with Crippen LogP contribution in [0.2, 0.25) is 0 Å². The third-order valence-corrected chi connectivity index (χ3v) is 3.67. The number of anilines is 1. The van der Waals surface area contributed by atoms with Crippen LogP contribution in [0, 0.1) is 0 Å². The van der Waals surface area contributed by atoms with Crippen LogP contribution in [0.1, 0.15) is 4.88 Å². The first-order valence-corrected chi connectivity index (χ1v) is 6.35. The molecule has 0 radical (unpaired) electrons. The Morgan fingerprint density at radius 2 is 2.39 bits per heavy atom. The van der Waals surface area contributed by atoms with Crippen LogP contribution in [-0.4, -0.2) is 19.5 Å². The van der Waals surface area contributed by atoms with Crippen molar-refractivity contribution in [3.8, 4) is 0 Å². The predicted octanol–water partition coefficient (Wildman–Crippen LogP) is 1.01. The van der Waals surface area contributed by atoms with Gasteiger partial charge in [0.15, 0.2) is 11.2 Å². The fourth-order valence-electron chi connectivity index (χ4n) is 1.83. The zero-order valence-corrected chi connectivity index (χ0v) is 10.3. The monoisotopic (exact) mass is 261 g/mol. The second-order valence-corrected chi connectivity index (χ2v) is 4.89. The highest BCUT2D eigenvalue weighted by atomic mass is 32.1. The van der Waals surface area contributed by atoms with Crippen molar-refractivity contribution in [3.63, 3.8) is 0 Å². The molecule has 0 aliphatic heterocycles. The van der Waals surface area contributed by atoms with E-state index in [0.29, 0.717) is 17.7 Å². The number of aromatic amines is 1. The highest BCUT2D eigenvalue weighted by Crippen LogP contribution is 2.11. The van der Waals surface area contributed by atoms with Crippen LogP contribution >= 0.6 is 11.3 Å². The molecule has 3 aromatic rings. The van der Waals surface area contributed by atoms with Crippen molar-refractivity contribution in [2.24, 2.45) is 0 Å². The van der Waals surface area contributed by atoms with Crippen molar-refractivity contribution in [2.75, 3.05) is 5.73 Å². The summed E-state index contributed by atoms with van der Waals surface area (Å²) in [5, 5.41) is 2.01. The lowest BCUT2D eigenvalue weighted by molar-refractivity contribution is 0.678. The first-order chi connectivity index (χ1) is 8.75. The summed E-state index contributed by atoms with van der Waals surface area (Å²) in [5.41, 5.74) is 6.38. The molecule has 0 aliphatic rings. The molecule has 0 atom stereocenters. The molecule has 0 saturated heterocycles. The zero-order chi connectivity index (χ0) is 12.5. The summed E-state index contributed by atoms with van der Waals surface area (Å²) in [6, 6.07) is 4.02. The van der Waals surface area contributed by atoms with Gasteiger partial charge in [-0.15, -0.1) is 11.3 Å². The summed E-state index contributed by atoms with van der Waals surface area (Å²) in [5.74, 6) is 0.205. The van der Waals surface area contributed by atoms with Crippen LogP contribution in [0.5, 0.6) is 0 Å². The Hall–Kier alpha value is -2.15. The largest absolute Gasteiger partial charge is 0.369 e. The summed E-state index contributed by atoms with van der Waals surface area (Å²) < 4.78 is 1.47. The van der Waals surface area contributed by atoms with Crippen LogP contribution < -0.4 is 11.3 Å². The molecule has 3 N–H and O–H groups in total. The smallest absolute Gasteiger partial charge is 0.280 e. The van der Waals surface area contributed by atoms with Gasteiger partial charge in [-0.05, 0) is 17.9 Å². The number of H-pyrrole nitrogens is 1. The quantitative estimate of drug-likeness (QED) is 0.736. The average molecular weight is 261 g/mol. The lowest BCUT2D eigenvalue weighted by Crippen LogP contribution is -2.25. The number of nitrogens with zero attached hydrogens (tertiary/aromatic N) is 3. The number of aryl methyl sites for hydroxylation is 1. The van der Waals surface area contributed by atoms with Gasteiger partial charge in [-0.25, -0.2) is 4.98 Å². The van der Waals surface area contributed by atoms with E-state index in [4.69, 9.17) is 5.73 Å². The number of imidazole rings is 1. The number of hydrogen-bond donors (Lipinski definition) is 2. The van der Waals surface area contributed by atoms with Crippen molar-refractivity contribution in [3.05, 3.63) is 39.1 Å². The Morgan fingerprint density at radius 1 is 1.50 bits per heavy atom. The van der Waals surface area contributed by atoms with Crippen LogP contribution in [0.3, 0.4) is 0 Å². The first-order valence-electron chi connectivity index (χ1n) is 5.47.